The fourth-order valence-electron chi connectivity index (χ4n) is 4.79. The summed E-state index contributed by atoms with van der Waals surface area (Å²) in [7, 11) is 0. The van der Waals surface area contributed by atoms with Crippen LogP contribution >= 0.6 is 11.3 Å². The van der Waals surface area contributed by atoms with Crippen LogP contribution in [0.25, 0.3) is 0 Å². The SMILES string of the molecule is O=C(C1CCc2cc(F)ccc21)N1CCC(c2nc3c(s2)CCC3)CC1. The molecule has 0 N–H and O–H groups in total. The second kappa shape index (κ2) is 6.45. The second-order valence-electron chi connectivity index (χ2n) is 7.81. The van der Waals surface area contributed by atoms with Crippen LogP contribution in [0, 0.1) is 5.82 Å². The molecule has 2 aromatic rings. The van der Waals surface area contributed by atoms with Crippen molar-refractivity contribution in [2.24, 2.45) is 0 Å². The van der Waals surface area contributed by atoms with Gasteiger partial charge in [-0.25, -0.2) is 9.37 Å². The number of hydrogen-bond donors (Lipinski definition) is 0. The molecule has 5 rings (SSSR count). The third-order valence-electron chi connectivity index (χ3n) is 6.25. The molecule has 136 valence electrons. The van der Waals surface area contributed by atoms with Crippen molar-refractivity contribution in [1.29, 1.82) is 0 Å². The van der Waals surface area contributed by atoms with Crippen molar-refractivity contribution in [2.75, 3.05) is 13.1 Å². The smallest absolute Gasteiger partial charge is 0.230 e. The monoisotopic (exact) mass is 370 g/mol. The molecular weight excluding hydrogens is 347 g/mol. The van der Waals surface area contributed by atoms with Crippen LogP contribution in [0.15, 0.2) is 18.2 Å². The van der Waals surface area contributed by atoms with Gasteiger partial charge in [-0.15, -0.1) is 11.3 Å². The van der Waals surface area contributed by atoms with Gasteiger partial charge in [-0.05, 0) is 68.2 Å². The van der Waals surface area contributed by atoms with E-state index in [1.54, 1.807) is 6.07 Å². The van der Waals surface area contributed by atoms with Crippen LogP contribution in [-0.4, -0.2) is 28.9 Å². The van der Waals surface area contributed by atoms with Crippen LogP contribution in [0.4, 0.5) is 4.39 Å². The number of nitrogens with zero attached hydrogens (tertiary/aromatic N) is 2. The Labute approximate surface area is 157 Å². The number of amides is 1. The van der Waals surface area contributed by atoms with Crippen molar-refractivity contribution in [2.45, 2.75) is 56.8 Å². The van der Waals surface area contributed by atoms with Gasteiger partial charge < -0.3 is 4.90 Å². The molecule has 1 atom stereocenters. The molecule has 0 spiro atoms. The van der Waals surface area contributed by atoms with E-state index in [2.05, 4.69) is 0 Å². The lowest BCUT2D eigenvalue weighted by Gasteiger charge is -2.33. The first-order valence-electron chi connectivity index (χ1n) is 9.74. The van der Waals surface area contributed by atoms with Gasteiger partial charge in [-0.3, -0.25) is 4.79 Å². The van der Waals surface area contributed by atoms with Crippen molar-refractivity contribution in [3.63, 3.8) is 0 Å². The van der Waals surface area contributed by atoms with E-state index in [0.717, 1.165) is 56.3 Å². The Kier molecular flexibility index (Phi) is 4.07. The third kappa shape index (κ3) is 2.77. The molecule has 0 bridgehead atoms. The van der Waals surface area contributed by atoms with Crippen molar-refractivity contribution in [3.05, 3.63) is 50.7 Å². The van der Waals surface area contributed by atoms with E-state index >= 15 is 0 Å². The summed E-state index contributed by atoms with van der Waals surface area (Å²) in [4.78, 5) is 21.4. The lowest BCUT2D eigenvalue weighted by Crippen LogP contribution is -2.40. The highest BCUT2D eigenvalue weighted by Crippen LogP contribution is 2.38. The predicted molar refractivity (Wildman–Crippen MR) is 100 cm³/mol. The minimum Gasteiger partial charge on any atom is -0.342 e. The number of rotatable bonds is 2. The predicted octanol–water partition coefficient (Wildman–Crippen LogP) is 4.21. The molecule has 3 aliphatic rings. The van der Waals surface area contributed by atoms with Crippen molar-refractivity contribution in [3.8, 4) is 0 Å². The Morgan fingerprint density at radius 3 is 2.81 bits per heavy atom. The molecule has 1 amide bonds. The number of fused-ring (bicyclic) bond motifs is 2. The largest absolute Gasteiger partial charge is 0.342 e. The Morgan fingerprint density at radius 1 is 1.15 bits per heavy atom. The van der Waals surface area contributed by atoms with Crippen molar-refractivity contribution < 1.29 is 9.18 Å². The summed E-state index contributed by atoms with van der Waals surface area (Å²) >= 11 is 1.91. The zero-order valence-electron chi connectivity index (χ0n) is 14.8. The van der Waals surface area contributed by atoms with E-state index in [9.17, 15) is 9.18 Å². The summed E-state index contributed by atoms with van der Waals surface area (Å²) in [6, 6.07) is 4.89. The second-order valence-corrected chi connectivity index (χ2v) is 8.92. The number of carbonyl (C=O) groups is 1. The van der Waals surface area contributed by atoms with Crippen LogP contribution in [0.5, 0.6) is 0 Å². The molecule has 0 saturated carbocycles. The zero-order valence-corrected chi connectivity index (χ0v) is 15.7. The maximum atomic E-state index is 13.4. The number of aromatic nitrogens is 1. The van der Waals surface area contributed by atoms with Crippen LogP contribution in [0.3, 0.4) is 0 Å². The standard InChI is InChI=1S/C21H23FN2OS/c22-15-5-7-16-14(12-15)4-6-17(16)21(25)24-10-8-13(9-11-24)20-23-18-2-1-3-19(18)26-20/h5,7,12-13,17H,1-4,6,8-11H2. The van der Waals surface area contributed by atoms with Crippen LogP contribution < -0.4 is 0 Å². The maximum Gasteiger partial charge on any atom is 0.230 e. The van der Waals surface area contributed by atoms with Gasteiger partial charge in [0.2, 0.25) is 5.91 Å². The topological polar surface area (TPSA) is 33.2 Å². The number of carbonyl (C=O) groups excluding carboxylic acids is 1. The Hall–Kier alpha value is -1.75. The number of hydrogen-bond acceptors (Lipinski definition) is 3. The molecule has 2 heterocycles. The molecule has 1 unspecified atom stereocenters. The molecule has 1 aromatic heterocycles. The van der Waals surface area contributed by atoms with E-state index in [0.29, 0.717) is 5.92 Å². The van der Waals surface area contributed by atoms with Crippen molar-refractivity contribution >= 4 is 17.2 Å². The van der Waals surface area contributed by atoms with E-state index in [4.69, 9.17) is 4.98 Å². The highest BCUT2D eigenvalue weighted by atomic mass is 32.1. The van der Waals surface area contributed by atoms with Gasteiger partial charge in [-0.2, -0.15) is 0 Å². The first-order chi connectivity index (χ1) is 12.7. The van der Waals surface area contributed by atoms with Gasteiger partial charge in [-0.1, -0.05) is 6.07 Å². The van der Waals surface area contributed by atoms with Gasteiger partial charge >= 0.3 is 0 Å². The first-order valence-corrected chi connectivity index (χ1v) is 10.6. The lowest BCUT2D eigenvalue weighted by atomic mass is 9.94. The van der Waals surface area contributed by atoms with Crippen molar-refractivity contribution in [1.82, 2.24) is 9.88 Å². The average molecular weight is 370 g/mol. The summed E-state index contributed by atoms with van der Waals surface area (Å²) in [5.74, 6) is 0.467. The lowest BCUT2D eigenvalue weighted by molar-refractivity contribution is -0.133. The highest BCUT2D eigenvalue weighted by molar-refractivity contribution is 7.11. The minimum atomic E-state index is -0.201. The van der Waals surface area contributed by atoms with Gasteiger partial charge in [0.25, 0.3) is 0 Å². The molecular formula is C21H23FN2OS. The van der Waals surface area contributed by atoms with Gasteiger partial charge in [0, 0.05) is 23.9 Å². The highest BCUT2D eigenvalue weighted by Gasteiger charge is 2.34. The summed E-state index contributed by atoms with van der Waals surface area (Å²) < 4.78 is 13.4. The molecule has 26 heavy (non-hydrogen) atoms. The molecule has 1 saturated heterocycles. The summed E-state index contributed by atoms with van der Waals surface area (Å²) in [6.07, 6.45) is 7.26. The Balaban J connectivity index is 1.25. The normalized spacial score (nSPS) is 22.5. The fraction of sp³-hybridized carbons (Fsp3) is 0.524. The number of aryl methyl sites for hydroxylation is 3. The minimum absolute atomic E-state index is 0.0779. The van der Waals surface area contributed by atoms with E-state index < -0.39 is 0 Å². The van der Waals surface area contributed by atoms with Crippen LogP contribution in [-0.2, 0) is 24.1 Å². The van der Waals surface area contributed by atoms with Gasteiger partial charge in [0.1, 0.15) is 5.82 Å². The van der Waals surface area contributed by atoms with E-state index in [1.165, 1.54) is 34.5 Å². The summed E-state index contributed by atoms with van der Waals surface area (Å²) in [5, 5.41) is 1.29. The number of benzene rings is 1. The van der Waals surface area contributed by atoms with Crippen LogP contribution in [0.1, 0.15) is 64.2 Å². The fourth-order valence-corrected chi connectivity index (χ4v) is 6.12. The molecule has 2 aliphatic carbocycles. The van der Waals surface area contributed by atoms with Gasteiger partial charge in [0.15, 0.2) is 0 Å². The zero-order chi connectivity index (χ0) is 17.7. The molecule has 1 aromatic carbocycles. The molecule has 1 fully saturated rings. The summed E-state index contributed by atoms with van der Waals surface area (Å²) in [6.45, 7) is 1.64. The van der Waals surface area contributed by atoms with E-state index in [-0.39, 0.29) is 17.6 Å². The molecule has 3 nitrogen and oxygen atoms in total. The van der Waals surface area contributed by atoms with E-state index in [1.807, 2.05) is 22.3 Å². The third-order valence-corrected chi connectivity index (χ3v) is 7.57. The average Bonchev–Trinajstić information content (AvgIpc) is 3.35. The Bertz CT molecular complexity index is 832. The van der Waals surface area contributed by atoms with Gasteiger partial charge in [0.05, 0.1) is 16.6 Å². The number of likely N-dealkylation sites (tertiary alicyclic amines) is 1. The Morgan fingerprint density at radius 2 is 2.00 bits per heavy atom. The van der Waals surface area contributed by atoms with Crippen LogP contribution in [0.2, 0.25) is 0 Å². The molecule has 5 heteroatoms. The molecule has 1 aliphatic heterocycles. The quantitative estimate of drug-likeness (QED) is 0.793. The number of thiazole rings is 1. The number of halogens is 1. The number of piperidine rings is 1. The maximum absolute atomic E-state index is 13.4. The molecule has 0 radical (unpaired) electrons. The summed E-state index contributed by atoms with van der Waals surface area (Å²) in [5.41, 5.74) is 3.38. The first kappa shape index (κ1) is 16.4.